The lowest BCUT2D eigenvalue weighted by atomic mass is 9.67. The van der Waals surface area contributed by atoms with Crippen molar-refractivity contribution < 1.29 is 0 Å². The summed E-state index contributed by atoms with van der Waals surface area (Å²) >= 11 is 1.87. The summed E-state index contributed by atoms with van der Waals surface area (Å²) in [6, 6.07) is 87.5. The number of hydrogen-bond acceptors (Lipinski definition) is 2. The van der Waals surface area contributed by atoms with Gasteiger partial charge in [0.25, 0.3) is 0 Å². The Balaban J connectivity index is 1.13. The fourth-order valence-corrected chi connectivity index (χ4v) is 11.2. The second-order valence-electron chi connectivity index (χ2n) is 16.0. The number of nitrogens with zero attached hydrogens (tertiary/aromatic N) is 1. The fourth-order valence-electron chi connectivity index (χ4n) is 10.1. The van der Waals surface area contributed by atoms with Crippen molar-refractivity contribution in [1.29, 1.82) is 0 Å². The van der Waals surface area contributed by atoms with Gasteiger partial charge < -0.3 is 4.90 Å². The van der Waals surface area contributed by atoms with Crippen LogP contribution in [-0.2, 0) is 5.41 Å². The van der Waals surface area contributed by atoms with Gasteiger partial charge in [0, 0.05) is 37.1 Å². The van der Waals surface area contributed by atoms with Crippen LogP contribution in [0.25, 0.3) is 64.3 Å². The molecule has 1 aliphatic carbocycles. The SMILES string of the molecule is c1ccc(C2(c3ccccc3)c3ccccc3-c3ccc(N(c4cccc(-c5cccc6sc7ccccc7c56)c4)c4ccccc4-c4ccc5ccccc5c4)cc32)cc1. The van der Waals surface area contributed by atoms with Crippen molar-refractivity contribution in [3.8, 4) is 33.4 Å². The van der Waals surface area contributed by atoms with Gasteiger partial charge in [0.05, 0.1) is 11.1 Å². The van der Waals surface area contributed by atoms with Crippen LogP contribution in [0, 0.1) is 0 Å². The Labute approximate surface area is 360 Å². The number of thiophene rings is 1. The number of hydrogen-bond donors (Lipinski definition) is 0. The Kier molecular flexibility index (Phi) is 8.33. The molecular weight excluding hydrogens is 755 g/mol. The highest BCUT2D eigenvalue weighted by atomic mass is 32.1. The maximum Gasteiger partial charge on any atom is 0.0714 e. The standard InChI is InChI=1S/C59H39NS/c1-3-20-44(21-4-1)59(45-22-5-2-6-23-45)53-29-12-9-26-50(53)51-36-35-47(39-54(51)59)60(55-30-13-10-25-48(55)43-34-33-40-17-7-8-18-41(40)37-43)46-24-15-19-42(38-46)49-28-16-32-57-58(49)52-27-11-14-31-56(52)61-57/h1-39H. The second-order valence-corrected chi connectivity index (χ2v) is 17.1. The highest BCUT2D eigenvalue weighted by Gasteiger charge is 2.46. The molecule has 1 heterocycles. The van der Waals surface area contributed by atoms with Crippen molar-refractivity contribution in [3.63, 3.8) is 0 Å². The third kappa shape index (κ3) is 5.60. The number of fused-ring (bicyclic) bond motifs is 7. The normalized spacial score (nSPS) is 12.7. The molecule has 11 aromatic rings. The summed E-state index contributed by atoms with van der Waals surface area (Å²) in [5.74, 6) is 0. The molecule has 0 saturated carbocycles. The molecule has 0 radical (unpaired) electrons. The lowest BCUT2D eigenvalue weighted by molar-refractivity contribution is 0.768. The molecule has 1 nitrogen and oxygen atoms in total. The van der Waals surface area contributed by atoms with Gasteiger partial charge in [-0.1, -0.05) is 188 Å². The minimum absolute atomic E-state index is 0.522. The second kappa shape index (κ2) is 14.3. The molecule has 10 aromatic carbocycles. The van der Waals surface area contributed by atoms with Crippen LogP contribution in [0.15, 0.2) is 237 Å². The molecule has 61 heavy (non-hydrogen) atoms. The van der Waals surface area contributed by atoms with Crippen LogP contribution in [0.5, 0.6) is 0 Å². The average Bonchev–Trinajstić information content (AvgIpc) is 3.86. The average molecular weight is 794 g/mol. The number of para-hydroxylation sites is 1. The quantitative estimate of drug-likeness (QED) is 0.155. The minimum atomic E-state index is -0.522. The van der Waals surface area contributed by atoms with Crippen LogP contribution < -0.4 is 4.90 Å². The van der Waals surface area contributed by atoms with Gasteiger partial charge >= 0.3 is 0 Å². The lowest BCUT2D eigenvalue weighted by Crippen LogP contribution is -2.28. The molecule has 0 amide bonds. The first-order chi connectivity index (χ1) is 30.3. The molecule has 0 aliphatic heterocycles. The molecule has 1 aromatic heterocycles. The van der Waals surface area contributed by atoms with Crippen LogP contribution >= 0.6 is 11.3 Å². The Bertz CT molecular complexity index is 3400. The molecule has 0 N–H and O–H groups in total. The van der Waals surface area contributed by atoms with Crippen LogP contribution in [-0.4, -0.2) is 0 Å². The maximum atomic E-state index is 2.49. The van der Waals surface area contributed by atoms with Crippen LogP contribution in [0.1, 0.15) is 22.3 Å². The smallest absolute Gasteiger partial charge is 0.0714 e. The van der Waals surface area contributed by atoms with Gasteiger partial charge in [-0.05, 0) is 109 Å². The fraction of sp³-hybridized carbons (Fsp3) is 0.0169. The summed E-state index contributed by atoms with van der Waals surface area (Å²) < 4.78 is 2.62. The van der Waals surface area contributed by atoms with Crippen molar-refractivity contribution in [2.45, 2.75) is 5.41 Å². The van der Waals surface area contributed by atoms with Crippen LogP contribution in [0.2, 0.25) is 0 Å². The Morgan fingerprint density at radius 3 is 1.79 bits per heavy atom. The molecule has 1 aliphatic rings. The predicted molar refractivity (Wildman–Crippen MR) is 260 cm³/mol. The summed E-state index contributed by atoms with van der Waals surface area (Å²) in [5, 5.41) is 5.08. The van der Waals surface area contributed by atoms with E-state index in [1.165, 1.54) is 86.6 Å². The predicted octanol–water partition coefficient (Wildman–Crippen LogP) is 16.4. The van der Waals surface area contributed by atoms with E-state index in [1.807, 2.05) is 11.3 Å². The first-order valence-electron chi connectivity index (χ1n) is 21.0. The molecule has 0 unspecified atom stereocenters. The largest absolute Gasteiger partial charge is 0.310 e. The van der Waals surface area contributed by atoms with E-state index in [9.17, 15) is 0 Å². The minimum Gasteiger partial charge on any atom is -0.310 e. The number of benzene rings is 10. The molecule has 12 rings (SSSR count). The van der Waals surface area contributed by atoms with Crippen molar-refractivity contribution in [2.75, 3.05) is 4.90 Å². The van der Waals surface area contributed by atoms with Gasteiger partial charge in [-0.3, -0.25) is 0 Å². The van der Waals surface area contributed by atoms with E-state index in [0.717, 1.165) is 17.1 Å². The van der Waals surface area contributed by atoms with E-state index in [2.05, 4.69) is 241 Å². The molecule has 0 atom stereocenters. The Hall–Kier alpha value is -7.52. The zero-order chi connectivity index (χ0) is 40.3. The van der Waals surface area contributed by atoms with Gasteiger partial charge in [0.1, 0.15) is 0 Å². The van der Waals surface area contributed by atoms with Gasteiger partial charge in [0.15, 0.2) is 0 Å². The molecule has 0 spiro atoms. The van der Waals surface area contributed by atoms with E-state index >= 15 is 0 Å². The molecular formula is C59H39NS. The third-order valence-electron chi connectivity index (χ3n) is 12.7. The lowest BCUT2D eigenvalue weighted by Gasteiger charge is -2.35. The van der Waals surface area contributed by atoms with Crippen molar-refractivity contribution in [3.05, 3.63) is 259 Å². The van der Waals surface area contributed by atoms with E-state index < -0.39 is 5.41 Å². The third-order valence-corrected chi connectivity index (χ3v) is 13.9. The van der Waals surface area contributed by atoms with Crippen molar-refractivity contribution in [1.82, 2.24) is 0 Å². The molecule has 0 bridgehead atoms. The Morgan fingerprint density at radius 1 is 0.344 bits per heavy atom. The molecule has 0 fully saturated rings. The van der Waals surface area contributed by atoms with Gasteiger partial charge in [0.2, 0.25) is 0 Å². The van der Waals surface area contributed by atoms with Gasteiger partial charge in [-0.2, -0.15) is 0 Å². The van der Waals surface area contributed by atoms with E-state index in [4.69, 9.17) is 0 Å². The zero-order valence-electron chi connectivity index (χ0n) is 33.4. The summed E-state index contributed by atoms with van der Waals surface area (Å²) in [6.45, 7) is 0. The zero-order valence-corrected chi connectivity index (χ0v) is 34.2. The summed E-state index contributed by atoms with van der Waals surface area (Å²) in [4.78, 5) is 2.49. The topological polar surface area (TPSA) is 3.24 Å². The number of anilines is 3. The van der Waals surface area contributed by atoms with E-state index in [-0.39, 0.29) is 0 Å². The van der Waals surface area contributed by atoms with E-state index in [0.29, 0.717) is 0 Å². The van der Waals surface area contributed by atoms with Gasteiger partial charge in [-0.25, -0.2) is 0 Å². The molecule has 286 valence electrons. The van der Waals surface area contributed by atoms with Crippen LogP contribution in [0.4, 0.5) is 17.1 Å². The first-order valence-corrected chi connectivity index (χ1v) is 21.8. The summed E-state index contributed by atoms with van der Waals surface area (Å²) in [7, 11) is 0. The summed E-state index contributed by atoms with van der Waals surface area (Å²) in [5.41, 5.74) is 15.2. The van der Waals surface area contributed by atoms with Crippen LogP contribution in [0.3, 0.4) is 0 Å². The maximum absolute atomic E-state index is 2.49. The summed E-state index contributed by atoms with van der Waals surface area (Å²) in [6.07, 6.45) is 0. The van der Waals surface area contributed by atoms with Gasteiger partial charge in [-0.15, -0.1) is 11.3 Å². The number of rotatable bonds is 7. The first kappa shape index (κ1) is 35.4. The van der Waals surface area contributed by atoms with Crippen molar-refractivity contribution >= 4 is 59.3 Å². The highest BCUT2D eigenvalue weighted by molar-refractivity contribution is 7.25. The van der Waals surface area contributed by atoms with Crippen molar-refractivity contribution in [2.24, 2.45) is 0 Å². The molecule has 2 heteroatoms. The Morgan fingerprint density at radius 2 is 0.951 bits per heavy atom. The monoisotopic (exact) mass is 793 g/mol. The highest BCUT2D eigenvalue weighted by Crippen LogP contribution is 2.57. The van der Waals surface area contributed by atoms with E-state index in [1.54, 1.807) is 0 Å². The molecule has 0 saturated heterocycles.